The van der Waals surface area contributed by atoms with Gasteiger partial charge in [0.2, 0.25) is 5.91 Å². The quantitative estimate of drug-likeness (QED) is 0.570. The molecule has 2 N–H and O–H groups in total. The van der Waals surface area contributed by atoms with E-state index in [0.29, 0.717) is 21.7 Å². The maximum Gasteiger partial charge on any atom is 0.259 e. The van der Waals surface area contributed by atoms with Crippen molar-refractivity contribution in [1.29, 1.82) is 0 Å². The molecular formula is C16H12FN3O2S. The highest BCUT2D eigenvalue weighted by Crippen LogP contribution is 2.15. The van der Waals surface area contributed by atoms with Crippen LogP contribution in [0.3, 0.4) is 0 Å². The molecule has 5 nitrogen and oxygen atoms in total. The first-order valence-corrected chi connectivity index (χ1v) is 7.78. The van der Waals surface area contributed by atoms with Gasteiger partial charge in [-0.05, 0) is 36.4 Å². The fraction of sp³-hybridized carbons (Fsp3) is 0.0625. The molecule has 0 saturated carbocycles. The van der Waals surface area contributed by atoms with Crippen LogP contribution in [0.5, 0.6) is 0 Å². The van der Waals surface area contributed by atoms with E-state index in [1.807, 2.05) is 0 Å². The Kier molecular flexibility index (Phi) is 4.38. The number of nitrogens with zero attached hydrogens (tertiary/aromatic N) is 1. The highest BCUT2D eigenvalue weighted by Gasteiger charge is 2.07. The van der Waals surface area contributed by atoms with Crippen LogP contribution in [-0.4, -0.2) is 21.6 Å². The van der Waals surface area contributed by atoms with E-state index in [2.05, 4.69) is 15.3 Å². The molecule has 0 aliphatic heterocycles. The highest BCUT2D eigenvalue weighted by molar-refractivity contribution is 7.99. The second-order valence-electron chi connectivity index (χ2n) is 4.73. The molecule has 0 unspecified atom stereocenters. The van der Waals surface area contributed by atoms with Gasteiger partial charge in [-0.15, -0.1) is 0 Å². The smallest absolute Gasteiger partial charge is 0.259 e. The van der Waals surface area contributed by atoms with Crippen LogP contribution in [0.4, 0.5) is 10.1 Å². The summed E-state index contributed by atoms with van der Waals surface area (Å²) in [4.78, 5) is 30.7. The van der Waals surface area contributed by atoms with Crippen LogP contribution < -0.4 is 10.9 Å². The van der Waals surface area contributed by atoms with Gasteiger partial charge in [-0.3, -0.25) is 9.59 Å². The number of carbonyl (C=O) groups excluding carboxylic acids is 1. The number of thioether (sulfide) groups is 1. The summed E-state index contributed by atoms with van der Waals surface area (Å²) in [5.41, 5.74) is 0.853. The standard InChI is InChI=1S/C16H12FN3O2S/c17-10-5-7-11(8-6-10)18-14(21)9-23-16-19-13-4-2-1-3-12(13)15(22)20-16/h1-8H,9H2,(H,18,21)(H,19,20,22). The largest absolute Gasteiger partial charge is 0.325 e. The van der Waals surface area contributed by atoms with Crippen molar-refractivity contribution < 1.29 is 9.18 Å². The van der Waals surface area contributed by atoms with E-state index in [-0.39, 0.29) is 23.0 Å². The number of nitrogens with one attached hydrogen (secondary N) is 2. The van der Waals surface area contributed by atoms with Gasteiger partial charge in [0, 0.05) is 5.69 Å². The van der Waals surface area contributed by atoms with E-state index in [1.165, 1.54) is 24.3 Å². The molecule has 0 bridgehead atoms. The Morgan fingerprint density at radius 3 is 2.70 bits per heavy atom. The molecule has 0 spiro atoms. The molecule has 7 heteroatoms. The number of para-hydroxylation sites is 1. The zero-order valence-electron chi connectivity index (χ0n) is 11.9. The zero-order chi connectivity index (χ0) is 16.2. The number of H-pyrrole nitrogens is 1. The Hall–Kier alpha value is -2.67. The number of benzene rings is 2. The second kappa shape index (κ2) is 6.62. The maximum absolute atomic E-state index is 12.8. The van der Waals surface area contributed by atoms with Gasteiger partial charge in [0.25, 0.3) is 5.56 Å². The van der Waals surface area contributed by atoms with Gasteiger partial charge >= 0.3 is 0 Å². The molecule has 0 fully saturated rings. The summed E-state index contributed by atoms with van der Waals surface area (Å²) in [6.07, 6.45) is 0. The van der Waals surface area contributed by atoms with Crippen molar-refractivity contribution in [2.45, 2.75) is 5.16 Å². The van der Waals surface area contributed by atoms with Gasteiger partial charge < -0.3 is 10.3 Å². The van der Waals surface area contributed by atoms with Crippen LogP contribution in [0, 0.1) is 5.82 Å². The van der Waals surface area contributed by atoms with Crippen molar-refractivity contribution in [2.24, 2.45) is 0 Å². The van der Waals surface area contributed by atoms with Crippen molar-refractivity contribution in [2.75, 3.05) is 11.1 Å². The maximum atomic E-state index is 12.8. The summed E-state index contributed by atoms with van der Waals surface area (Å²) in [6.45, 7) is 0. The molecule has 3 aromatic rings. The van der Waals surface area contributed by atoms with Crippen molar-refractivity contribution in [1.82, 2.24) is 9.97 Å². The fourth-order valence-electron chi connectivity index (χ4n) is 2.00. The van der Waals surface area contributed by atoms with E-state index in [1.54, 1.807) is 24.3 Å². The molecule has 1 heterocycles. The minimum atomic E-state index is -0.365. The van der Waals surface area contributed by atoms with Gasteiger partial charge in [0.1, 0.15) is 5.82 Å². The number of hydrogen-bond acceptors (Lipinski definition) is 4. The first-order chi connectivity index (χ1) is 11.1. The van der Waals surface area contributed by atoms with Crippen LogP contribution in [0.2, 0.25) is 0 Å². The third kappa shape index (κ3) is 3.75. The molecule has 1 amide bonds. The molecular weight excluding hydrogens is 317 g/mol. The van der Waals surface area contributed by atoms with E-state index in [4.69, 9.17) is 0 Å². The van der Waals surface area contributed by atoms with Crippen molar-refractivity contribution in [3.8, 4) is 0 Å². The molecule has 23 heavy (non-hydrogen) atoms. The minimum absolute atomic E-state index is 0.0820. The molecule has 2 aromatic carbocycles. The lowest BCUT2D eigenvalue weighted by atomic mass is 10.2. The van der Waals surface area contributed by atoms with Crippen LogP contribution in [0.25, 0.3) is 10.9 Å². The Bertz CT molecular complexity index is 909. The predicted octanol–water partition coefficient (Wildman–Crippen LogP) is 2.79. The minimum Gasteiger partial charge on any atom is -0.325 e. The van der Waals surface area contributed by atoms with Crippen LogP contribution in [0.15, 0.2) is 58.5 Å². The monoisotopic (exact) mass is 329 g/mol. The third-order valence-electron chi connectivity index (χ3n) is 3.06. The highest BCUT2D eigenvalue weighted by atomic mass is 32.2. The van der Waals surface area contributed by atoms with Crippen molar-refractivity contribution in [3.63, 3.8) is 0 Å². The summed E-state index contributed by atoms with van der Waals surface area (Å²) >= 11 is 1.13. The van der Waals surface area contributed by atoms with Gasteiger partial charge in [-0.25, -0.2) is 9.37 Å². The summed E-state index contributed by atoms with van der Waals surface area (Å²) in [5, 5.41) is 3.53. The Labute approximate surface area is 135 Å². The normalized spacial score (nSPS) is 10.7. The summed E-state index contributed by atoms with van der Waals surface area (Å²) < 4.78 is 12.8. The van der Waals surface area contributed by atoms with Gasteiger partial charge in [-0.1, -0.05) is 23.9 Å². The van der Waals surface area contributed by atoms with Gasteiger partial charge in [-0.2, -0.15) is 0 Å². The lowest BCUT2D eigenvalue weighted by Gasteiger charge is -2.05. The van der Waals surface area contributed by atoms with E-state index in [0.717, 1.165) is 11.8 Å². The number of amides is 1. The predicted molar refractivity (Wildman–Crippen MR) is 88.1 cm³/mol. The second-order valence-corrected chi connectivity index (χ2v) is 5.70. The Morgan fingerprint density at radius 2 is 1.91 bits per heavy atom. The number of hydrogen-bond donors (Lipinski definition) is 2. The van der Waals surface area contributed by atoms with Crippen LogP contribution in [0.1, 0.15) is 0 Å². The van der Waals surface area contributed by atoms with Crippen LogP contribution in [-0.2, 0) is 4.79 Å². The lowest BCUT2D eigenvalue weighted by Crippen LogP contribution is -2.15. The molecule has 0 atom stereocenters. The first-order valence-electron chi connectivity index (χ1n) is 6.79. The topological polar surface area (TPSA) is 74.8 Å². The van der Waals surface area contributed by atoms with Gasteiger partial charge in [0.15, 0.2) is 5.16 Å². The number of fused-ring (bicyclic) bond motifs is 1. The fourth-order valence-corrected chi connectivity index (χ4v) is 2.67. The lowest BCUT2D eigenvalue weighted by molar-refractivity contribution is -0.113. The Morgan fingerprint density at radius 1 is 1.17 bits per heavy atom. The number of carbonyl (C=O) groups is 1. The summed E-state index contributed by atoms with van der Waals surface area (Å²) in [6, 6.07) is 12.5. The number of rotatable bonds is 4. The number of aromatic amines is 1. The number of halogens is 1. The number of anilines is 1. The summed E-state index contributed by atoms with van der Waals surface area (Å²) in [7, 11) is 0. The molecule has 0 radical (unpaired) electrons. The molecule has 1 aromatic heterocycles. The average molecular weight is 329 g/mol. The van der Waals surface area contributed by atoms with E-state index in [9.17, 15) is 14.0 Å². The molecule has 0 aliphatic rings. The average Bonchev–Trinajstić information content (AvgIpc) is 2.55. The zero-order valence-corrected chi connectivity index (χ0v) is 12.7. The Balaban J connectivity index is 1.67. The van der Waals surface area contributed by atoms with E-state index < -0.39 is 0 Å². The van der Waals surface area contributed by atoms with Gasteiger partial charge in [0.05, 0.1) is 16.7 Å². The third-order valence-corrected chi connectivity index (χ3v) is 3.93. The first kappa shape index (κ1) is 15.2. The molecule has 0 saturated heterocycles. The molecule has 3 rings (SSSR count). The molecule has 116 valence electrons. The number of aromatic nitrogens is 2. The van der Waals surface area contributed by atoms with Crippen LogP contribution >= 0.6 is 11.8 Å². The van der Waals surface area contributed by atoms with Crippen molar-refractivity contribution >= 4 is 34.3 Å². The molecule has 0 aliphatic carbocycles. The summed E-state index contributed by atoms with van der Waals surface area (Å²) in [5.74, 6) is -0.550. The van der Waals surface area contributed by atoms with Crippen molar-refractivity contribution in [3.05, 3.63) is 64.7 Å². The SMILES string of the molecule is O=C(CSc1nc2ccccc2c(=O)[nH]1)Nc1ccc(F)cc1. The van der Waals surface area contributed by atoms with E-state index >= 15 is 0 Å².